The molecule has 0 radical (unpaired) electrons. The van der Waals surface area contributed by atoms with Gasteiger partial charge in [0.25, 0.3) is 0 Å². The number of carbonyl (C=O) groups is 1. The van der Waals surface area contributed by atoms with Gasteiger partial charge in [-0.1, -0.05) is 11.6 Å². The lowest BCUT2D eigenvalue weighted by atomic mass is 10.1. The van der Waals surface area contributed by atoms with Crippen molar-refractivity contribution in [3.05, 3.63) is 57.9 Å². The molecule has 1 aliphatic rings. The number of carboxylic acid groups (broad SMARTS) is 1. The van der Waals surface area contributed by atoms with Gasteiger partial charge in [0.15, 0.2) is 0 Å². The van der Waals surface area contributed by atoms with Gasteiger partial charge in [-0.25, -0.2) is 9.18 Å². The van der Waals surface area contributed by atoms with E-state index in [0.29, 0.717) is 22.0 Å². The van der Waals surface area contributed by atoms with Gasteiger partial charge < -0.3 is 10.0 Å². The van der Waals surface area contributed by atoms with E-state index in [2.05, 4.69) is 9.89 Å². The molecule has 0 bridgehead atoms. The fraction of sp³-hybridized carbons (Fsp3) is 0.263. The molecule has 1 fully saturated rings. The average Bonchev–Trinajstić information content (AvgIpc) is 3.10. The normalized spacial score (nSPS) is 14.4. The Labute approximate surface area is 150 Å². The van der Waals surface area contributed by atoms with E-state index in [1.807, 2.05) is 13.0 Å². The lowest BCUT2D eigenvalue weighted by Crippen LogP contribution is -2.19. The van der Waals surface area contributed by atoms with E-state index < -0.39 is 5.97 Å². The predicted molar refractivity (Wildman–Crippen MR) is 98.2 cm³/mol. The number of anilines is 1. The van der Waals surface area contributed by atoms with Crippen LogP contribution >= 0.6 is 11.6 Å². The van der Waals surface area contributed by atoms with Crippen molar-refractivity contribution in [3.63, 3.8) is 0 Å². The molecule has 0 aliphatic carbocycles. The zero-order chi connectivity index (χ0) is 18.0. The maximum atomic E-state index is 14.4. The lowest BCUT2D eigenvalue weighted by molar-refractivity contribution is 0.0697. The van der Waals surface area contributed by atoms with Crippen LogP contribution in [0.3, 0.4) is 0 Å². The summed E-state index contributed by atoms with van der Waals surface area (Å²) < 4.78 is 14.4. The van der Waals surface area contributed by atoms with E-state index in [4.69, 9.17) is 16.7 Å². The van der Waals surface area contributed by atoms with Crippen LogP contribution in [0.15, 0.2) is 35.3 Å². The van der Waals surface area contributed by atoms with E-state index in [1.54, 1.807) is 0 Å². The largest absolute Gasteiger partial charge is 0.478 e. The Morgan fingerprint density at radius 2 is 2.00 bits per heavy atom. The number of rotatable bonds is 4. The van der Waals surface area contributed by atoms with Gasteiger partial charge in [-0.2, -0.15) is 0 Å². The summed E-state index contributed by atoms with van der Waals surface area (Å²) in [6, 6.07) is 7.59. The van der Waals surface area contributed by atoms with Crippen molar-refractivity contribution in [2.45, 2.75) is 19.8 Å². The van der Waals surface area contributed by atoms with Crippen LogP contribution in [0.1, 0.15) is 34.3 Å². The molecule has 1 heterocycles. The van der Waals surface area contributed by atoms with Crippen LogP contribution in [0, 0.1) is 12.7 Å². The highest BCUT2D eigenvalue weighted by Gasteiger charge is 2.17. The Balaban J connectivity index is 1.90. The first-order valence-electron chi connectivity index (χ1n) is 8.07. The summed E-state index contributed by atoms with van der Waals surface area (Å²) in [7, 11) is 0. The number of aryl methyl sites for hydroxylation is 1. The van der Waals surface area contributed by atoms with Crippen molar-refractivity contribution in [2.75, 3.05) is 18.0 Å². The number of hydrogen-bond donors (Lipinski definition) is 1. The first-order chi connectivity index (χ1) is 12.0. The van der Waals surface area contributed by atoms with Crippen molar-refractivity contribution >= 4 is 35.2 Å². The quantitative estimate of drug-likeness (QED) is 0.794. The van der Waals surface area contributed by atoms with Crippen molar-refractivity contribution in [2.24, 2.45) is 4.99 Å². The summed E-state index contributed by atoms with van der Waals surface area (Å²) >= 11 is 6.06. The predicted octanol–water partition coefficient (Wildman–Crippen LogP) is 4.84. The van der Waals surface area contributed by atoms with Crippen LogP contribution in [0.4, 0.5) is 15.8 Å². The molecular weight excluding hydrogens is 343 g/mol. The summed E-state index contributed by atoms with van der Waals surface area (Å²) in [5.41, 5.74) is 2.60. The number of carboxylic acids is 1. The molecule has 1 aliphatic heterocycles. The summed E-state index contributed by atoms with van der Waals surface area (Å²) in [6.07, 6.45) is 3.68. The number of halogens is 2. The van der Waals surface area contributed by atoms with E-state index in [0.717, 1.165) is 31.5 Å². The van der Waals surface area contributed by atoms with Crippen molar-refractivity contribution in [3.8, 4) is 0 Å². The molecule has 1 saturated heterocycles. The van der Waals surface area contributed by atoms with Crippen molar-refractivity contribution in [1.82, 2.24) is 0 Å². The van der Waals surface area contributed by atoms with Gasteiger partial charge in [-0.15, -0.1) is 0 Å². The fourth-order valence-corrected chi connectivity index (χ4v) is 3.07. The molecule has 0 amide bonds. The van der Waals surface area contributed by atoms with Crippen molar-refractivity contribution in [1.29, 1.82) is 0 Å². The first-order valence-corrected chi connectivity index (χ1v) is 8.45. The number of benzene rings is 2. The zero-order valence-electron chi connectivity index (χ0n) is 13.8. The Kier molecular flexibility index (Phi) is 5.04. The highest BCUT2D eigenvalue weighted by molar-refractivity contribution is 6.33. The SMILES string of the molecule is Cc1cc(N2CCCC2)c(F)cc1C=Nc1cc(C(=O)O)ccc1Cl. The van der Waals surface area contributed by atoms with Crippen LogP contribution in [0.2, 0.25) is 5.02 Å². The van der Waals surface area contributed by atoms with Gasteiger partial charge in [-0.3, -0.25) is 4.99 Å². The number of hydrogen-bond acceptors (Lipinski definition) is 3. The van der Waals surface area contributed by atoms with E-state index in [-0.39, 0.29) is 11.4 Å². The monoisotopic (exact) mass is 360 g/mol. The molecule has 0 unspecified atom stereocenters. The minimum atomic E-state index is -1.05. The van der Waals surface area contributed by atoms with Gasteiger partial charge in [0.1, 0.15) is 5.82 Å². The maximum Gasteiger partial charge on any atom is 0.335 e. The molecule has 0 spiro atoms. The maximum absolute atomic E-state index is 14.4. The van der Waals surface area contributed by atoms with Gasteiger partial charge in [0, 0.05) is 19.3 Å². The second kappa shape index (κ2) is 7.23. The van der Waals surface area contributed by atoms with Crippen molar-refractivity contribution < 1.29 is 14.3 Å². The summed E-state index contributed by atoms with van der Waals surface area (Å²) in [4.78, 5) is 17.4. The van der Waals surface area contributed by atoms with Gasteiger partial charge >= 0.3 is 5.97 Å². The molecular formula is C19H18ClFN2O2. The molecule has 0 saturated carbocycles. The lowest BCUT2D eigenvalue weighted by Gasteiger charge is -2.19. The highest BCUT2D eigenvalue weighted by Crippen LogP contribution is 2.28. The second-order valence-corrected chi connectivity index (χ2v) is 6.49. The molecule has 2 aromatic rings. The molecule has 2 aromatic carbocycles. The van der Waals surface area contributed by atoms with Crippen LogP contribution in [0.25, 0.3) is 0 Å². The van der Waals surface area contributed by atoms with Gasteiger partial charge in [0.05, 0.1) is 22.0 Å². The third-order valence-corrected chi connectivity index (χ3v) is 4.64. The molecule has 25 heavy (non-hydrogen) atoms. The second-order valence-electron chi connectivity index (χ2n) is 6.08. The number of aromatic carboxylic acids is 1. The molecule has 6 heteroatoms. The van der Waals surface area contributed by atoms with Crippen LogP contribution < -0.4 is 4.90 Å². The highest BCUT2D eigenvalue weighted by atomic mass is 35.5. The molecule has 3 rings (SSSR count). The Hall–Kier alpha value is -2.40. The van der Waals surface area contributed by atoms with Crippen LogP contribution in [-0.4, -0.2) is 30.4 Å². The van der Waals surface area contributed by atoms with E-state index >= 15 is 0 Å². The summed E-state index contributed by atoms with van der Waals surface area (Å²) in [5.74, 6) is -1.33. The molecule has 0 atom stereocenters. The Morgan fingerprint density at radius 3 is 2.68 bits per heavy atom. The molecule has 4 nitrogen and oxygen atoms in total. The minimum Gasteiger partial charge on any atom is -0.478 e. The van der Waals surface area contributed by atoms with E-state index in [9.17, 15) is 9.18 Å². The first kappa shape index (κ1) is 17.4. The summed E-state index contributed by atoms with van der Waals surface area (Å²) in [5, 5.41) is 9.39. The average molecular weight is 361 g/mol. The standard InChI is InChI=1S/C19H18ClFN2O2/c1-12-8-18(23-6-2-3-7-23)16(21)9-14(12)11-22-17-10-13(19(24)25)4-5-15(17)20/h4-5,8-11H,2-3,6-7H2,1H3,(H,24,25). The fourth-order valence-electron chi connectivity index (χ4n) is 2.90. The number of nitrogens with zero attached hydrogens (tertiary/aromatic N) is 2. The van der Waals surface area contributed by atoms with E-state index in [1.165, 1.54) is 30.5 Å². The van der Waals surface area contributed by atoms with Crippen LogP contribution in [0.5, 0.6) is 0 Å². The minimum absolute atomic E-state index is 0.101. The third kappa shape index (κ3) is 3.82. The van der Waals surface area contributed by atoms with Gasteiger partial charge in [0.2, 0.25) is 0 Å². The molecule has 0 aromatic heterocycles. The Morgan fingerprint density at radius 1 is 1.28 bits per heavy atom. The Bertz CT molecular complexity index is 846. The molecule has 130 valence electrons. The smallest absolute Gasteiger partial charge is 0.335 e. The zero-order valence-corrected chi connectivity index (χ0v) is 14.6. The van der Waals surface area contributed by atoms with Crippen LogP contribution in [-0.2, 0) is 0 Å². The topological polar surface area (TPSA) is 52.9 Å². The molecule has 1 N–H and O–H groups in total. The third-order valence-electron chi connectivity index (χ3n) is 4.32. The van der Waals surface area contributed by atoms with Gasteiger partial charge in [-0.05, 0) is 61.2 Å². The number of aliphatic imine (C=N–C) groups is 1. The summed E-state index contributed by atoms with van der Waals surface area (Å²) in [6.45, 7) is 3.65.